The SMILES string of the molecule is COc1cc(CN2Cc3ncccc3N3CCC[C@H]3C2)on1. The van der Waals surface area contributed by atoms with Crippen molar-refractivity contribution in [1.82, 2.24) is 15.0 Å². The van der Waals surface area contributed by atoms with Crippen LogP contribution >= 0.6 is 0 Å². The van der Waals surface area contributed by atoms with E-state index in [4.69, 9.17) is 9.26 Å². The molecule has 2 aromatic heterocycles. The molecule has 0 aliphatic carbocycles. The molecule has 6 heteroatoms. The van der Waals surface area contributed by atoms with E-state index in [1.54, 1.807) is 7.11 Å². The number of rotatable bonds is 3. The van der Waals surface area contributed by atoms with Gasteiger partial charge in [0.2, 0.25) is 0 Å². The molecule has 1 fully saturated rings. The highest BCUT2D eigenvalue weighted by atomic mass is 16.5. The van der Waals surface area contributed by atoms with Crippen molar-refractivity contribution in [1.29, 1.82) is 0 Å². The highest BCUT2D eigenvalue weighted by Crippen LogP contribution is 2.32. The number of ether oxygens (including phenoxy) is 1. The molecule has 0 amide bonds. The number of aromatic nitrogens is 2. The predicted molar refractivity (Wildman–Crippen MR) is 81.8 cm³/mol. The summed E-state index contributed by atoms with van der Waals surface area (Å²) in [7, 11) is 1.60. The molecule has 1 saturated heterocycles. The van der Waals surface area contributed by atoms with E-state index < -0.39 is 0 Å². The summed E-state index contributed by atoms with van der Waals surface area (Å²) in [6, 6.07) is 6.65. The third-order valence-corrected chi connectivity index (χ3v) is 4.52. The Morgan fingerprint density at radius 1 is 1.45 bits per heavy atom. The summed E-state index contributed by atoms with van der Waals surface area (Å²) >= 11 is 0. The van der Waals surface area contributed by atoms with Gasteiger partial charge in [-0.25, -0.2) is 0 Å². The van der Waals surface area contributed by atoms with Crippen LogP contribution in [0.5, 0.6) is 5.88 Å². The summed E-state index contributed by atoms with van der Waals surface area (Å²) in [5.74, 6) is 1.37. The molecule has 0 spiro atoms. The molecule has 22 heavy (non-hydrogen) atoms. The van der Waals surface area contributed by atoms with Gasteiger partial charge in [-0.15, -0.1) is 0 Å². The lowest BCUT2D eigenvalue weighted by molar-refractivity contribution is 0.213. The first-order chi connectivity index (χ1) is 10.8. The molecule has 0 unspecified atom stereocenters. The highest BCUT2D eigenvalue weighted by molar-refractivity contribution is 5.53. The average Bonchev–Trinajstić information content (AvgIpc) is 3.14. The maximum atomic E-state index is 5.35. The molecule has 2 aliphatic rings. The van der Waals surface area contributed by atoms with Crippen molar-refractivity contribution in [3.05, 3.63) is 35.9 Å². The van der Waals surface area contributed by atoms with Crippen LogP contribution in [0.1, 0.15) is 24.3 Å². The van der Waals surface area contributed by atoms with Gasteiger partial charge in [-0.2, -0.15) is 0 Å². The number of anilines is 1. The van der Waals surface area contributed by atoms with Crippen LogP contribution in [-0.4, -0.2) is 41.3 Å². The molecule has 116 valence electrons. The molecule has 1 atom stereocenters. The number of methoxy groups -OCH3 is 1. The Morgan fingerprint density at radius 3 is 3.27 bits per heavy atom. The van der Waals surface area contributed by atoms with Gasteiger partial charge in [0.25, 0.3) is 5.88 Å². The predicted octanol–water partition coefficient (Wildman–Crippen LogP) is 2.06. The zero-order valence-electron chi connectivity index (χ0n) is 12.7. The second-order valence-electron chi connectivity index (χ2n) is 5.96. The largest absolute Gasteiger partial charge is 0.479 e. The summed E-state index contributed by atoms with van der Waals surface area (Å²) in [6.07, 6.45) is 4.37. The van der Waals surface area contributed by atoms with Crippen molar-refractivity contribution in [2.75, 3.05) is 25.1 Å². The summed E-state index contributed by atoms with van der Waals surface area (Å²) in [5, 5.41) is 3.88. The molecule has 2 aliphatic heterocycles. The minimum atomic E-state index is 0.533. The van der Waals surface area contributed by atoms with Crippen LogP contribution in [0.4, 0.5) is 5.69 Å². The summed E-state index contributed by atoms with van der Waals surface area (Å²) in [6.45, 7) is 3.73. The molecular formula is C16H20N4O2. The van der Waals surface area contributed by atoms with Gasteiger partial charge in [-0.1, -0.05) is 0 Å². The standard InChI is InChI=1S/C16H20N4O2/c1-21-16-8-13(22-18-16)10-19-9-12-4-3-7-20(12)15-5-2-6-17-14(15)11-19/h2,5-6,8,12H,3-4,7,9-11H2,1H3/t12-/m0/s1. The van der Waals surface area contributed by atoms with Crippen LogP contribution in [0.3, 0.4) is 0 Å². The molecule has 0 aromatic carbocycles. The fourth-order valence-electron chi connectivity index (χ4n) is 3.54. The van der Waals surface area contributed by atoms with Gasteiger partial charge in [0, 0.05) is 37.9 Å². The molecule has 0 radical (unpaired) electrons. The molecular weight excluding hydrogens is 280 g/mol. The first kappa shape index (κ1) is 13.6. The Hall–Kier alpha value is -2.08. The Morgan fingerprint density at radius 2 is 2.41 bits per heavy atom. The van der Waals surface area contributed by atoms with Gasteiger partial charge in [0.1, 0.15) is 0 Å². The Kier molecular flexibility index (Phi) is 3.46. The average molecular weight is 300 g/mol. The minimum absolute atomic E-state index is 0.533. The van der Waals surface area contributed by atoms with Crippen molar-refractivity contribution < 1.29 is 9.26 Å². The quantitative estimate of drug-likeness (QED) is 0.865. The number of hydrogen-bond acceptors (Lipinski definition) is 6. The number of pyridine rings is 1. The topological polar surface area (TPSA) is 54.6 Å². The van der Waals surface area contributed by atoms with Crippen molar-refractivity contribution in [2.45, 2.75) is 32.0 Å². The van der Waals surface area contributed by atoms with Crippen molar-refractivity contribution in [2.24, 2.45) is 0 Å². The Balaban J connectivity index is 1.59. The third-order valence-electron chi connectivity index (χ3n) is 4.52. The van der Waals surface area contributed by atoms with Crippen LogP contribution < -0.4 is 9.64 Å². The van der Waals surface area contributed by atoms with E-state index in [0.717, 1.165) is 37.6 Å². The van der Waals surface area contributed by atoms with Gasteiger partial charge < -0.3 is 14.2 Å². The first-order valence-corrected chi connectivity index (χ1v) is 7.76. The summed E-state index contributed by atoms with van der Waals surface area (Å²) in [4.78, 5) is 9.51. The van der Waals surface area contributed by atoms with Gasteiger partial charge in [-0.05, 0) is 30.1 Å². The minimum Gasteiger partial charge on any atom is -0.479 e. The third kappa shape index (κ3) is 2.43. The van der Waals surface area contributed by atoms with Gasteiger partial charge in [0.05, 0.1) is 25.0 Å². The van der Waals surface area contributed by atoms with Crippen molar-refractivity contribution in [3.63, 3.8) is 0 Å². The maximum Gasteiger partial charge on any atom is 0.254 e. The second-order valence-corrected chi connectivity index (χ2v) is 5.96. The highest BCUT2D eigenvalue weighted by Gasteiger charge is 2.32. The normalized spacial score (nSPS) is 21.3. The lowest BCUT2D eigenvalue weighted by Gasteiger charge is -2.26. The zero-order chi connectivity index (χ0) is 14.9. The van der Waals surface area contributed by atoms with E-state index in [-0.39, 0.29) is 0 Å². The van der Waals surface area contributed by atoms with Crippen LogP contribution in [0.25, 0.3) is 0 Å². The first-order valence-electron chi connectivity index (χ1n) is 7.76. The van der Waals surface area contributed by atoms with E-state index in [1.807, 2.05) is 18.3 Å². The Labute approximate surface area is 129 Å². The lowest BCUT2D eigenvalue weighted by atomic mass is 10.2. The maximum absolute atomic E-state index is 5.35. The lowest BCUT2D eigenvalue weighted by Crippen LogP contribution is -2.37. The molecule has 0 N–H and O–H groups in total. The number of nitrogens with zero attached hydrogens (tertiary/aromatic N) is 4. The van der Waals surface area contributed by atoms with E-state index in [2.05, 4.69) is 26.0 Å². The number of hydrogen-bond donors (Lipinski definition) is 0. The second kappa shape index (κ2) is 5.61. The molecule has 6 nitrogen and oxygen atoms in total. The molecule has 0 bridgehead atoms. The molecule has 4 rings (SSSR count). The van der Waals surface area contributed by atoms with Crippen LogP contribution in [0.2, 0.25) is 0 Å². The number of fused-ring (bicyclic) bond motifs is 3. The Bertz CT molecular complexity index is 657. The van der Waals surface area contributed by atoms with Gasteiger partial charge >= 0.3 is 0 Å². The van der Waals surface area contributed by atoms with Crippen LogP contribution in [-0.2, 0) is 13.1 Å². The fraction of sp³-hybridized carbons (Fsp3) is 0.500. The van der Waals surface area contributed by atoms with E-state index in [1.165, 1.54) is 18.5 Å². The summed E-state index contributed by atoms with van der Waals surface area (Å²) < 4.78 is 10.4. The summed E-state index contributed by atoms with van der Waals surface area (Å²) in [5.41, 5.74) is 2.45. The van der Waals surface area contributed by atoms with Crippen LogP contribution in [0.15, 0.2) is 28.9 Å². The fourth-order valence-corrected chi connectivity index (χ4v) is 3.54. The zero-order valence-corrected chi connectivity index (χ0v) is 12.7. The van der Waals surface area contributed by atoms with E-state index in [0.29, 0.717) is 11.9 Å². The van der Waals surface area contributed by atoms with Crippen molar-refractivity contribution in [3.8, 4) is 5.88 Å². The van der Waals surface area contributed by atoms with E-state index in [9.17, 15) is 0 Å². The molecule has 0 saturated carbocycles. The smallest absolute Gasteiger partial charge is 0.254 e. The monoisotopic (exact) mass is 300 g/mol. The van der Waals surface area contributed by atoms with Crippen LogP contribution in [0, 0.1) is 0 Å². The van der Waals surface area contributed by atoms with Gasteiger partial charge in [-0.3, -0.25) is 9.88 Å². The van der Waals surface area contributed by atoms with Crippen molar-refractivity contribution >= 4 is 5.69 Å². The molecule has 4 heterocycles. The van der Waals surface area contributed by atoms with E-state index >= 15 is 0 Å². The van der Waals surface area contributed by atoms with Gasteiger partial charge in [0.15, 0.2) is 5.76 Å². The molecule has 2 aromatic rings.